The van der Waals surface area contributed by atoms with E-state index in [0.29, 0.717) is 18.1 Å². The van der Waals surface area contributed by atoms with Crippen molar-refractivity contribution in [1.82, 2.24) is 19.9 Å². The Hall–Kier alpha value is -3.10. The first-order valence-corrected chi connectivity index (χ1v) is 10.9. The molecule has 1 unspecified atom stereocenters. The number of morpholine rings is 1. The summed E-state index contributed by atoms with van der Waals surface area (Å²) in [7, 11) is 0. The maximum atomic E-state index is 6.20. The topological polar surface area (TPSA) is 90.1 Å². The molecule has 1 aliphatic heterocycles. The highest BCUT2D eigenvalue weighted by Crippen LogP contribution is 2.34. The Morgan fingerprint density at radius 2 is 2.00 bits per heavy atom. The summed E-state index contributed by atoms with van der Waals surface area (Å²) < 4.78 is 6.62. The first-order chi connectivity index (χ1) is 15.1. The van der Waals surface area contributed by atoms with E-state index < -0.39 is 0 Å². The van der Waals surface area contributed by atoms with E-state index in [1.807, 2.05) is 48.7 Å². The van der Waals surface area contributed by atoms with Crippen LogP contribution in [0.25, 0.3) is 33.4 Å². The van der Waals surface area contributed by atoms with Gasteiger partial charge in [-0.2, -0.15) is 0 Å². The minimum Gasteiger partial charge on any atom is -0.383 e. The smallest absolute Gasteiger partial charge is 0.165 e. The molecule has 0 aliphatic carbocycles. The van der Waals surface area contributed by atoms with Crippen molar-refractivity contribution in [2.75, 3.05) is 30.3 Å². The first-order valence-electron chi connectivity index (χ1n) is 10.1. The third-order valence-corrected chi connectivity index (χ3v) is 5.87. The second-order valence-electron chi connectivity index (χ2n) is 7.56. The lowest BCUT2D eigenvalue weighted by Crippen LogP contribution is -2.41. The Balaban J connectivity index is 1.59. The van der Waals surface area contributed by atoms with Crippen molar-refractivity contribution in [3.05, 3.63) is 59.5 Å². The molecular weight excluding hydrogens is 456 g/mol. The summed E-state index contributed by atoms with van der Waals surface area (Å²) in [6.07, 6.45) is 3.51. The summed E-state index contributed by atoms with van der Waals surface area (Å²) in [5.74, 6) is 1.35. The van der Waals surface area contributed by atoms with Crippen LogP contribution in [0.1, 0.15) is 6.92 Å². The lowest BCUT2D eigenvalue weighted by atomic mass is 10.0. The lowest BCUT2D eigenvalue weighted by molar-refractivity contribution is 0.0529. The maximum Gasteiger partial charge on any atom is 0.165 e. The minimum absolute atomic E-state index is 0.204. The number of hydrogen-bond donors (Lipinski definition) is 1. The van der Waals surface area contributed by atoms with Gasteiger partial charge in [0.25, 0.3) is 0 Å². The number of hydrogen-bond acceptors (Lipinski definition) is 7. The number of halogens is 1. The number of aromatic nitrogens is 4. The van der Waals surface area contributed by atoms with Crippen LogP contribution in [-0.4, -0.2) is 45.7 Å². The molecule has 1 saturated heterocycles. The fourth-order valence-electron chi connectivity index (χ4n) is 3.87. The number of nitrogen functional groups attached to an aromatic ring is 1. The number of fused-ring (bicyclic) bond motifs is 1. The van der Waals surface area contributed by atoms with E-state index in [1.165, 1.54) is 6.33 Å². The van der Waals surface area contributed by atoms with Crippen LogP contribution in [0.15, 0.2) is 59.5 Å². The number of nitrogens with zero attached hydrogens (tertiary/aromatic N) is 5. The van der Waals surface area contributed by atoms with Crippen molar-refractivity contribution in [2.24, 2.45) is 0 Å². The highest BCUT2D eigenvalue weighted by atomic mass is 79.9. The Morgan fingerprint density at radius 1 is 1.10 bits per heavy atom. The Bertz CT molecular complexity index is 1250. The van der Waals surface area contributed by atoms with Crippen LogP contribution in [-0.2, 0) is 4.74 Å². The van der Waals surface area contributed by atoms with Gasteiger partial charge in [-0.15, -0.1) is 0 Å². The molecule has 3 aromatic heterocycles. The van der Waals surface area contributed by atoms with E-state index in [1.54, 1.807) is 0 Å². The van der Waals surface area contributed by atoms with Gasteiger partial charge in [0.2, 0.25) is 0 Å². The second-order valence-corrected chi connectivity index (χ2v) is 8.47. The minimum atomic E-state index is 0.204. The van der Waals surface area contributed by atoms with Crippen molar-refractivity contribution in [3.8, 4) is 22.4 Å². The van der Waals surface area contributed by atoms with Gasteiger partial charge in [0.05, 0.1) is 23.8 Å². The highest BCUT2D eigenvalue weighted by Gasteiger charge is 2.18. The number of anilines is 2. The standard InChI is InChI=1S/C23H21BrN6O/c1-14-12-30(7-8-31-14)20-6-5-16(11-26-20)19-10-18(15-3-2-4-17(24)9-15)21-22(25)27-13-28-23(21)29-19/h2-6,9-11,13-14H,7-8,12H2,1H3,(H2,25,27,28,29). The second kappa shape index (κ2) is 8.20. The van der Waals surface area contributed by atoms with E-state index in [-0.39, 0.29) is 6.10 Å². The average Bonchev–Trinajstić information content (AvgIpc) is 2.79. The molecule has 4 heterocycles. The molecule has 4 aromatic rings. The first kappa shape index (κ1) is 19.8. The third-order valence-electron chi connectivity index (χ3n) is 5.38. The Labute approximate surface area is 188 Å². The number of pyridine rings is 2. The van der Waals surface area contributed by atoms with Crippen molar-refractivity contribution >= 4 is 38.6 Å². The van der Waals surface area contributed by atoms with Gasteiger partial charge in [0.15, 0.2) is 5.65 Å². The van der Waals surface area contributed by atoms with Gasteiger partial charge in [0, 0.05) is 29.3 Å². The molecule has 31 heavy (non-hydrogen) atoms. The molecule has 0 amide bonds. The normalized spacial score (nSPS) is 16.6. The van der Waals surface area contributed by atoms with Crippen molar-refractivity contribution < 1.29 is 4.74 Å². The van der Waals surface area contributed by atoms with Gasteiger partial charge in [0.1, 0.15) is 18.0 Å². The summed E-state index contributed by atoms with van der Waals surface area (Å²) >= 11 is 3.55. The number of benzene rings is 1. The zero-order chi connectivity index (χ0) is 21.4. The van der Waals surface area contributed by atoms with E-state index in [4.69, 9.17) is 20.4 Å². The molecule has 0 radical (unpaired) electrons. The number of ether oxygens (including phenoxy) is 1. The molecule has 2 N–H and O–H groups in total. The van der Waals surface area contributed by atoms with Crippen LogP contribution in [0.5, 0.6) is 0 Å². The average molecular weight is 477 g/mol. The molecule has 0 spiro atoms. The van der Waals surface area contributed by atoms with Crippen LogP contribution >= 0.6 is 15.9 Å². The van der Waals surface area contributed by atoms with Crippen molar-refractivity contribution in [1.29, 1.82) is 0 Å². The van der Waals surface area contributed by atoms with Gasteiger partial charge in [-0.05, 0) is 48.4 Å². The summed E-state index contributed by atoms with van der Waals surface area (Å²) in [6, 6.07) is 14.2. The van der Waals surface area contributed by atoms with Crippen LogP contribution in [0, 0.1) is 0 Å². The van der Waals surface area contributed by atoms with Crippen molar-refractivity contribution in [2.45, 2.75) is 13.0 Å². The Morgan fingerprint density at radius 3 is 2.77 bits per heavy atom. The summed E-state index contributed by atoms with van der Waals surface area (Å²) in [5.41, 5.74) is 10.4. The van der Waals surface area contributed by atoms with Crippen molar-refractivity contribution in [3.63, 3.8) is 0 Å². The van der Waals surface area contributed by atoms with Crippen LogP contribution < -0.4 is 10.6 Å². The van der Waals surface area contributed by atoms with E-state index in [9.17, 15) is 0 Å². The fourth-order valence-corrected chi connectivity index (χ4v) is 4.27. The predicted octanol–water partition coefficient (Wildman–Crippen LogP) is 4.32. The van der Waals surface area contributed by atoms with Gasteiger partial charge in [-0.25, -0.2) is 19.9 Å². The summed E-state index contributed by atoms with van der Waals surface area (Å²) in [5, 5.41) is 0.747. The lowest BCUT2D eigenvalue weighted by Gasteiger charge is -2.32. The zero-order valence-corrected chi connectivity index (χ0v) is 18.6. The predicted molar refractivity (Wildman–Crippen MR) is 126 cm³/mol. The van der Waals surface area contributed by atoms with E-state index in [0.717, 1.165) is 51.2 Å². The molecule has 0 saturated carbocycles. The van der Waals surface area contributed by atoms with Gasteiger partial charge < -0.3 is 15.4 Å². The quantitative estimate of drug-likeness (QED) is 0.470. The third kappa shape index (κ3) is 3.96. The van der Waals surface area contributed by atoms with Gasteiger partial charge in [-0.1, -0.05) is 28.1 Å². The molecule has 1 aromatic carbocycles. The van der Waals surface area contributed by atoms with E-state index >= 15 is 0 Å². The number of rotatable bonds is 3. The van der Waals surface area contributed by atoms with E-state index in [2.05, 4.69) is 37.7 Å². The monoisotopic (exact) mass is 476 g/mol. The molecule has 5 rings (SSSR count). The maximum absolute atomic E-state index is 6.20. The molecule has 1 aliphatic rings. The number of nitrogens with two attached hydrogens (primary N) is 1. The van der Waals surface area contributed by atoms with Crippen LogP contribution in [0.3, 0.4) is 0 Å². The molecule has 0 bridgehead atoms. The Kier molecular flexibility index (Phi) is 5.25. The molecule has 156 valence electrons. The van der Waals surface area contributed by atoms with Crippen LogP contribution in [0.2, 0.25) is 0 Å². The summed E-state index contributed by atoms with van der Waals surface area (Å²) in [4.78, 5) is 20.2. The molecule has 1 atom stereocenters. The fraction of sp³-hybridized carbons (Fsp3) is 0.217. The molecule has 8 heteroatoms. The molecular formula is C23H21BrN6O. The SMILES string of the molecule is CC1CN(c2ccc(-c3cc(-c4cccc(Br)c4)c4c(N)ncnc4n3)cn2)CCO1. The molecule has 7 nitrogen and oxygen atoms in total. The summed E-state index contributed by atoms with van der Waals surface area (Å²) in [6.45, 7) is 4.47. The largest absolute Gasteiger partial charge is 0.383 e. The molecule has 1 fully saturated rings. The highest BCUT2D eigenvalue weighted by molar-refractivity contribution is 9.10. The zero-order valence-electron chi connectivity index (χ0n) is 17.0. The van der Waals surface area contributed by atoms with Gasteiger partial charge >= 0.3 is 0 Å². The van der Waals surface area contributed by atoms with Crippen LogP contribution in [0.4, 0.5) is 11.6 Å². The van der Waals surface area contributed by atoms with Gasteiger partial charge in [-0.3, -0.25) is 0 Å².